The molecule has 0 aromatic heterocycles. The molecular formula is C19H24BrN2O+. The lowest BCUT2D eigenvalue weighted by Gasteiger charge is -2.34. The molecule has 1 heterocycles. The third-order valence-electron chi connectivity index (χ3n) is 4.60. The fourth-order valence-corrected chi connectivity index (χ4v) is 3.86. The zero-order valence-corrected chi connectivity index (χ0v) is 15.4. The molecule has 0 unspecified atom stereocenters. The van der Waals surface area contributed by atoms with Crippen molar-refractivity contribution in [2.75, 3.05) is 38.2 Å². The molecule has 3 rings (SSSR count). The molecule has 0 radical (unpaired) electrons. The Bertz CT molecular complexity index is 666. The highest BCUT2D eigenvalue weighted by atomic mass is 79.9. The number of benzene rings is 2. The number of hydrogen-bond acceptors (Lipinski definition) is 2. The van der Waals surface area contributed by atoms with E-state index in [2.05, 4.69) is 64.2 Å². The molecule has 0 aliphatic carbocycles. The summed E-state index contributed by atoms with van der Waals surface area (Å²) in [5.41, 5.74) is 4.12. The molecule has 0 saturated carbocycles. The first-order valence-electron chi connectivity index (χ1n) is 8.14. The molecule has 1 saturated heterocycles. The number of nitrogens with zero attached hydrogens (tertiary/aromatic N) is 1. The minimum Gasteiger partial charge on any atom is -0.496 e. The number of ether oxygens (including phenoxy) is 1. The molecule has 4 heteroatoms. The first-order valence-corrected chi connectivity index (χ1v) is 8.93. The molecule has 1 aliphatic heterocycles. The lowest BCUT2D eigenvalue weighted by Crippen LogP contribution is -3.13. The van der Waals surface area contributed by atoms with Crippen LogP contribution in [0.15, 0.2) is 46.9 Å². The number of methoxy groups -OCH3 is 1. The second kappa shape index (κ2) is 7.37. The summed E-state index contributed by atoms with van der Waals surface area (Å²) in [4.78, 5) is 4.16. The highest BCUT2D eigenvalue weighted by molar-refractivity contribution is 9.10. The number of anilines is 1. The van der Waals surface area contributed by atoms with E-state index in [0.29, 0.717) is 0 Å². The van der Waals surface area contributed by atoms with Crippen molar-refractivity contribution in [3.8, 4) is 5.75 Å². The van der Waals surface area contributed by atoms with Crippen molar-refractivity contribution in [2.24, 2.45) is 0 Å². The summed E-state index contributed by atoms with van der Waals surface area (Å²) in [5, 5.41) is 0. The Balaban J connectivity index is 1.59. The molecule has 1 aliphatic rings. The van der Waals surface area contributed by atoms with Crippen molar-refractivity contribution in [1.82, 2.24) is 0 Å². The zero-order chi connectivity index (χ0) is 16.2. The van der Waals surface area contributed by atoms with E-state index in [-0.39, 0.29) is 0 Å². The molecule has 3 nitrogen and oxygen atoms in total. The van der Waals surface area contributed by atoms with Crippen LogP contribution in [0.1, 0.15) is 11.1 Å². The summed E-state index contributed by atoms with van der Waals surface area (Å²) >= 11 is 3.58. The number of hydrogen-bond donors (Lipinski definition) is 1. The topological polar surface area (TPSA) is 16.9 Å². The van der Waals surface area contributed by atoms with E-state index in [1.807, 2.05) is 6.07 Å². The van der Waals surface area contributed by atoms with Crippen molar-refractivity contribution in [1.29, 1.82) is 0 Å². The average molecular weight is 376 g/mol. The third kappa shape index (κ3) is 3.88. The highest BCUT2D eigenvalue weighted by Crippen LogP contribution is 2.25. The molecule has 0 bridgehead atoms. The molecule has 0 amide bonds. The number of rotatable bonds is 4. The van der Waals surface area contributed by atoms with Gasteiger partial charge in [-0.15, -0.1) is 0 Å². The fraction of sp³-hybridized carbons (Fsp3) is 0.368. The number of halogens is 1. The SMILES string of the molecule is COc1ccc(C[NH+]2CCN(c3ccccc3C)CC2)cc1Br. The molecule has 2 aromatic rings. The molecular weight excluding hydrogens is 352 g/mol. The summed E-state index contributed by atoms with van der Waals surface area (Å²) < 4.78 is 6.34. The Kier molecular flexibility index (Phi) is 5.23. The average Bonchev–Trinajstić information content (AvgIpc) is 2.56. The van der Waals surface area contributed by atoms with Crippen molar-refractivity contribution in [3.63, 3.8) is 0 Å². The van der Waals surface area contributed by atoms with Gasteiger partial charge in [0, 0.05) is 11.3 Å². The van der Waals surface area contributed by atoms with E-state index in [0.717, 1.165) is 29.9 Å². The Morgan fingerprint density at radius 1 is 1.13 bits per heavy atom. The summed E-state index contributed by atoms with van der Waals surface area (Å²) in [6.07, 6.45) is 0. The molecule has 0 spiro atoms. The summed E-state index contributed by atoms with van der Waals surface area (Å²) in [5.74, 6) is 0.896. The number of nitrogens with one attached hydrogen (secondary N) is 1. The molecule has 1 fully saturated rings. The van der Waals surface area contributed by atoms with Crippen molar-refractivity contribution in [3.05, 3.63) is 58.1 Å². The molecule has 2 aromatic carbocycles. The normalized spacial score (nSPS) is 15.7. The van der Waals surface area contributed by atoms with Gasteiger partial charge in [0.05, 0.1) is 37.8 Å². The first kappa shape index (κ1) is 16.3. The van der Waals surface area contributed by atoms with Crippen LogP contribution in [0.2, 0.25) is 0 Å². The maximum Gasteiger partial charge on any atom is 0.133 e. The van der Waals surface area contributed by atoms with Gasteiger partial charge in [-0.05, 0) is 52.7 Å². The van der Waals surface area contributed by atoms with E-state index in [1.165, 1.54) is 29.9 Å². The van der Waals surface area contributed by atoms with E-state index in [9.17, 15) is 0 Å². The Morgan fingerprint density at radius 3 is 2.52 bits per heavy atom. The first-order chi connectivity index (χ1) is 11.2. The number of para-hydroxylation sites is 1. The number of aryl methyl sites for hydroxylation is 1. The van der Waals surface area contributed by atoms with Crippen LogP contribution < -0.4 is 14.5 Å². The molecule has 0 atom stereocenters. The maximum absolute atomic E-state index is 5.30. The largest absolute Gasteiger partial charge is 0.496 e. The van der Waals surface area contributed by atoms with E-state index >= 15 is 0 Å². The predicted octanol–water partition coefficient (Wildman–Crippen LogP) is 2.67. The minimum absolute atomic E-state index is 0.896. The smallest absolute Gasteiger partial charge is 0.133 e. The van der Waals surface area contributed by atoms with Crippen LogP contribution in [0.3, 0.4) is 0 Å². The molecule has 23 heavy (non-hydrogen) atoms. The highest BCUT2D eigenvalue weighted by Gasteiger charge is 2.21. The second-order valence-electron chi connectivity index (χ2n) is 6.17. The zero-order valence-electron chi connectivity index (χ0n) is 13.8. The summed E-state index contributed by atoms with van der Waals surface area (Å²) in [6.45, 7) is 7.87. The summed E-state index contributed by atoms with van der Waals surface area (Å²) in [6, 6.07) is 15.1. The lowest BCUT2D eigenvalue weighted by atomic mass is 10.1. The van der Waals surface area contributed by atoms with Crippen LogP contribution in [0.25, 0.3) is 0 Å². The van der Waals surface area contributed by atoms with Crippen LogP contribution in [-0.2, 0) is 6.54 Å². The summed E-state index contributed by atoms with van der Waals surface area (Å²) in [7, 11) is 1.70. The van der Waals surface area contributed by atoms with Gasteiger partial charge in [-0.3, -0.25) is 0 Å². The van der Waals surface area contributed by atoms with Gasteiger partial charge in [0.2, 0.25) is 0 Å². The van der Waals surface area contributed by atoms with Crippen molar-refractivity contribution < 1.29 is 9.64 Å². The van der Waals surface area contributed by atoms with Gasteiger partial charge in [-0.2, -0.15) is 0 Å². The van der Waals surface area contributed by atoms with E-state index in [4.69, 9.17) is 4.74 Å². The van der Waals surface area contributed by atoms with Gasteiger partial charge < -0.3 is 14.5 Å². The van der Waals surface area contributed by atoms with Crippen LogP contribution >= 0.6 is 15.9 Å². The van der Waals surface area contributed by atoms with Gasteiger partial charge in [-0.25, -0.2) is 0 Å². The van der Waals surface area contributed by atoms with Gasteiger partial charge in [0.1, 0.15) is 12.3 Å². The number of piperazine rings is 1. The Morgan fingerprint density at radius 2 is 1.87 bits per heavy atom. The van der Waals surface area contributed by atoms with Crippen LogP contribution in [0, 0.1) is 6.92 Å². The monoisotopic (exact) mass is 375 g/mol. The minimum atomic E-state index is 0.896. The standard InChI is InChI=1S/C19H23BrN2O/c1-15-5-3-4-6-18(15)22-11-9-21(10-12-22)14-16-7-8-19(23-2)17(20)13-16/h3-8,13H,9-12,14H2,1-2H3/p+1. The van der Waals surface area contributed by atoms with Crippen molar-refractivity contribution >= 4 is 21.6 Å². The van der Waals surface area contributed by atoms with Crippen LogP contribution in [-0.4, -0.2) is 33.3 Å². The van der Waals surface area contributed by atoms with Gasteiger partial charge in [0.25, 0.3) is 0 Å². The van der Waals surface area contributed by atoms with Gasteiger partial charge in [-0.1, -0.05) is 18.2 Å². The fourth-order valence-electron chi connectivity index (χ4n) is 3.27. The van der Waals surface area contributed by atoms with Gasteiger partial charge in [0.15, 0.2) is 0 Å². The molecule has 1 N–H and O–H groups in total. The predicted molar refractivity (Wildman–Crippen MR) is 98.5 cm³/mol. The van der Waals surface area contributed by atoms with Gasteiger partial charge >= 0.3 is 0 Å². The maximum atomic E-state index is 5.30. The Labute approximate surface area is 147 Å². The van der Waals surface area contributed by atoms with E-state index in [1.54, 1.807) is 12.0 Å². The van der Waals surface area contributed by atoms with Crippen molar-refractivity contribution in [2.45, 2.75) is 13.5 Å². The second-order valence-corrected chi connectivity index (χ2v) is 7.02. The van der Waals surface area contributed by atoms with Crippen LogP contribution in [0.5, 0.6) is 5.75 Å². The number of quaternary nitrogens is 1. The quantitative estimate of drug-likeness (QED) is 0.884. The van der Waals surface area contributed by atoms with Crippen LogP contribution in [0.4, 0.5) is 5.69 Å². The third-order valence-corrected chi connectivity index (χ3v) is 5.22. The Hall–Kier alpha value is -1.52. The molecule has 122 valence electrons. The van der Waals surface area contributed by atoms with E-state index < -0.39 is 0 Å². The lowest BCUT2D eigenvalue weighted by molar-refractivity contribution is -0.914.